The molecule has 1 heterocycles. The van der Waals surface area contributed by atoms with Crippen molar-refractivity contribution >= 4 is 0 Å². The molecule has 0 spiro atoms. The maximum atomic E-state index is 5.50. The molecule has 0 radical (unpaired) electrons. The second kappa shape index (κ2) is 4.06. The Morgan fingerprint density at radius 3 is 3.00 bits per heavy atom. The van der Waals surface area contributed by atoms with E-state index in [0.717, 1.165) is 5.82 Å². The van der Waals surface area contributed by atoms with Crippen molar-refractivity contribution in [3.63, 3.8) is 0 Å². The van der Waals surface area contributed by atoms with E-state index in [-0.39, 0.29) is 6.10 Å². The average molecular weight is 197 g/mol. The Morgan fingerprint density at radius 1 is 1.64 bits per heavy atom. The third-order valence-corrected chi connectivity index (χ3v) is 2.42. The fraction of sp³-hybridized carbons (Fsp3) is 0.778. The van der Waals surface area contributed by atoms with Gasteiger partial charge < -0.3 is 15.0 Å². The molecule has 5 nitrogen and oxygen atoms in total. The number of nitrogens with zero attached hydrogens (tertiary/aromatic N) is 2. The fourth-order valence-electron chi connectivity index (χ4n) is 1.32. The van der Waals surface area contributed by atoms with E-state index < -0.39 is 0 Å². The van der Waals surface area contributed by atoms with Crippen LogP contribution in [-0.2, 0) is 11.2 Å². The van der Waals surface area contributed by atoms with E-state index in [1.165, 1.54) is 12.8 Å². The van der Waals surface area contributed by atoms with E-state index >= 15 is 0 Å². The minimum absolute atomic E-state index is 0.0255. The summed E-state index contributed by atoms with van der Waals surface area (Å²) in [6, 6.07) is 0. The molecule has 2 N–H and O–H groups in total. The van der Waals surface area contributed by atoms with Crippen LogP contribution in [0.5, 0.6) is 0 Å². The van der Waals surface area contributed by atoms with Gasteiger partial charge in [0.2, 0.25) is 5.89 Å². The van der Waals surface area contributed by atoms with Crippen molar-refractivity contribution in [2.75, 3.05) is 13.7 Å². The molecule has 1 fully saturated rings. The summed E-state index contributed by atoms with van der Waals surface area (Å²) in [5.74, 6) is 2.00. The second-order valence-electron chi connectivity index (χ2n) is 3.62. The van der Waals surface area contributed by atoms with Crippen LogP contribution < -0.4 is 5.73 Å². The van der Waals surface area contributed by atoms with E-state index in [9.17, 15) is 0 Å². The summed E-state index contributed by atoms with van der Waals surface area (Å²) in [4.78, 5) is 4.29. The van der Waals surface area contributed by atoms with Crippen LogP contribution in [0.4, 0.5) is 0 Å². The van der Waals surface area contributed by atoms with Crippen LogP contribution in [0.3, 0.4) is 0 Å². The highest BCUT2D eigenvalue weighted by Crippen LogP contribution is 2.38. The summed E-state index contributed by atoms with van der Waals surface area (Å²) in [5.41, 5.74) is 5.50. The van der Waals surface area contributed by atoms with E-state index in [4.69, 9.17) is 15.0 Å². The molecule has 78 valence electrons. The lowest BCUT2D eigenvalue weighted by atomic mass is 10.2. The van der Waals surface area contributed by atoms with Gasteiger partial charge in [0.15, 0.2) is 5.82 Å². The van der Waals surface area contributed by atoms with Crippen molar-refractivity contribution in [2.24, 2.45) is 5.73 Å². The monoisotopic (exact) mass is 197 g/mol. The van der Waals surface area contributed by atoms with Crippen LogP contribution in [-0.4, -0.2) is 29.9 Å². The summed E-state index contributed by atoms with van der Waals surface area (Å²) in [6.45, 7) is 0.470. The second-order valence-corrected chi connectivity index (χ2v) is 3.62. The van der Waals surface area contributed by atoms with Gasteiger partial charge in [0.25, 0.3) is 0 Å². The Balaban J connectivity index is 1.94. The van der Waals surface area contributed by atoms with Gasteiger partial charge in [-0.3, -0.25) is 0 Å². The van der Waals surface area contributed by atoms with Gasteiger partial charge in [-0.05, 0) is 12.8 Å². The largest absolute Gasteiger partial charge is 0.380 e. The van der Waals surface area contributed by atoms with Crippen molar-refractivity contribution in [1.82, 2.24) is 10.1 Å². The Morgan fingerprint density at radius 2 is 2.43 bits per heavy atom. The Kier molecular flexibility index (Phi) is 2.79. The molecule has 2 rings (SSSR count). The van der Waals surface area contributed by atoms with Crippen molar-refractivity contribution < 1.29 is 9.26 Å². The van der Waals surface area contributed by atoms with Crippen molar-refractivity contribution in [3.8, 4) is 0 Å². The molecule has 0 aliphatic heterocycles. The first-order valence-electron chi connectivity index (χ1n) is 4.88. The number of hydrogen-bond donors (Lipinski definition) is 1. The minimum atomic E-state index is -0.0255. The predicted octanol–water partition coefficient (Wildman–Crippen LogP) is 0.463. The van der Waals surface area contributed by atoms with Crippen LogP contribution in [0.2, 0.25) is 0 Å². The van der Waals surface area contributed by atoms with Crippen molar-refractivity contribution in [1.29, 1.82) is 0 Å². The number of methoxy groups -OCH3 is 1. The third kappa shape index (κ3) is 2.10. The van der Waals surface area contributed by atoms with Crippen LogP contribution in [0.1, 0.15) is 30.5 Å². The number of aromatic nitrogens is 2. The number of rotatable bonds is 5. The zero-order chi connectivity index (χ0) is 9.97. The van der Waals surface area contributed by atoms with Gasteiger partial charge in [-0.25, -0.2) is 0 Å². The summed E-state index contributed by atoms with van der Waals surface area (Å²) >= 11 is 0. The molecule has 1 aliphatic rings. The molecule has 1 saturated carbocycles. The first-order chi connectivity index (χ1) is 6.83. The van der Waals surface area contributed by atoms with Gasteiger partial charge in [-0.2, -0.15) is 4.98 Å². The third-order valence-electron chi connectivity index (χ3n) is 2.42. The number of ether oxygens (including phenoxy) is 1. The molecular formula is C9H15N3O2. The van der Waals surface area contributed by atoms with Gasteiger partial charge in [-0.15, -0.1) is 0 Å². The summed E-state index contributed by atoms with van der Waals surface area (Å²) in [6.07, 6.45) is 2.95. The van der Waals surface area contributed by atoms with E-state index in [1.54, 1.807) is 7.11 Å². The van der Waals surface area contributed by atoms with Crippen LogP contribution in [0, 0.1) is 0 Å². The summed E-state index contributed by atoms with van der Waals surface area (Å²) in [7, 11) is 1.63. The van der Waals surface area contributed by atoms with Gasteiger partial charge in [0, 0.05) is 19.6 Å². The Labute approximate surface area is 82.6 Å². The van der Waals surface area contributed by atoms with Gasteiger partial charge in [0.05, 0.1) is 12.5 Å². The van der Waals surface area contributed by atoms with E-state index in [0.29, 0.717) is 24.8 Å². The van der Waals surface area contributed by atoms with Gasteiger partial charge >= 0.3 is 0 Å². The molecular weight excluding hydrogens is 182 g/mol. The first kappa shape index (κ1) is 9.61. The molecule has 1 aromatic heterocycles. The quantitative estimate of drug-likeness (QED) is 0.742. The number of nitrogens with two attached hydrogens (primary N) is 1. The highest BCUT2D eigenvalue weighted by atomic mass is 16.5. The zero-order valence-electron chi connectivity index (χ0n) is 8.27. The molecule has 0 amide bonds. The molecule has 14 heavy (non-hydrogen) atoms. The molecule has 0 aromatic carbocycles. The van der Waals surface area contributed by atoms with Gasteiger partial charge in [0.1, 0.15) is 0 Å². The summed E-state index contributed by atoms with van der Waals surface area (Å²) in [5, 5.41) is 3.92. The minimum Gasteiger partial charge on any atom is -0.380 e. The molecule has 1 atom stereocenters. The SMILES string of the molecule is COC(CN)Cc1nc(C2CC2)no1. The van der Waals surface area contributed by atoms with Crippen molar-refractivity contribution in [3.05, 3.63) is 11.7 Å². The maximum Gasteiger partial charge on any atom is 0.229 e. The molecule has 0 saturated heterocycles. The predicted molar refractivity (Wildman–Crippen MR) is 49.8 cm³/mol. The maximum absolute atomic E-state index is 5.50. The lowest BCUT2D eigenvalue weighted by Crippen LogP contribution is -2.24. The van der Waals surface area contributed by atoms with E-state index in [1.807, 2.05) is 0 Å². The molecule has 5 heteroatoms. The summed E-state index contributed by atoms with van der Waals surface area (Å²) < 4.78 is 10.2. The average Bonchev–Trinajstić information content (AvgIpc) is 2.96. The first-order valence-corrected chi connectivity index (χ1v) is 4.88. The standard InChI is InChI=1S/C9H15N3O2/c1-13-7(5-10)4-8-11-9(12-14-8)6-2-3-6/h6-7H,2-5,10H2,1H3. The lowest BCUT2D eigenvalue weighted by molar-refractivity contribution is 0.102. The topological polar surface area (TPSA) is 74.2 Å². The fourth-order valence-corrected chi connectivity index (χ4v) is 1.32. The lowest BCUT2D eigenvalue weighted by Gasteiger charge is -2.08. The smallest absolute Gasteiger partial charge is 0.229 e. The highest BCUT2D eigenvalue weighted by Gasteiger charge is 2.29. The van der Waals surface area contributed by atoms with Crippen LogP contribution in [0.15, 0.2) is 4.52 Å². The van der Waals surface area contributed by atoms with Crippen LogP contribution >= 0.6 is 0 Å². The molecule has 1 aliphatic carbocycles. The Hall–Kier alpha value is -0.940. The van der Waals surface area contributed by atoms with Crippen molar-refractivity contribution in [2.45, 2.75) is 31.3 Å². The van der Waals surface area contributed by atoms with Crippen LogP contribution in [0.25, 0.3) is 0 Å². The van der Waals surface area contributed by atoms with E-state index in [2.05, 4.69) is 10.1 Å². The Bertz CT molecular complexity index is 292. The normalized spacial score (nSPS) is 18.4. The van der Waals surface area contributed by atoms with Gasteiger partial charge in [-0.1, -0.05) is 5.16 Å². The molecule has 0 bridgehead atoms. The number of hydrogen-bond acceptors (Lipinski definition) is 5. The highest BCUT2D eigenvalue weighted by molar-refractivity contribution is 5.03. The zero-order valence-corrected chi connectivity index (χ0v) is 8.27. The molecule has 1 aromatic rings. The molecule has 1 unspecified atom stereocenters.